The first kappa shape index (κ1) is 12.7. The molecule has 1 heterocycles. The molecule has 0 aliphatic carbocycles. The Kier molecular flexibility index (Phi) is 3.54. The van der Waals surface area contributed by atoms with Crippen molar-refractivity contribution in [2.45, 2.75) is 13.5 Å². The van der Waals surface area contributed by atoms with Gasteiger partial charge >= 0.3 is 0 Å². The molecule has 0 saturated heterocycles. The average molecular weight is 250 g/mol. The zero-order valence-corrected chi connectivity index (χ0v) is 10.9. The molecule has 0 saturated carbocycles. The monoisotopic (exact) mass is 250 g/mol. The van der Waals surface area contributed by atoms with Gasteiger partial charge in [-0.2, -0.15) is 10.5 Å². The van der Waals surface area contributed by atoms with Gasteiger partial charge in [-0.15, -0.1) is 0 Å². The lowest BCUT2D eigenvalue weighted by Gasteiger charge is -2.07. The summed E-state index contributed by atoms with van der Waals surface area (Å²) in [5.74, 6) is 0. The Morgan fingerprint density at radius 3 is 2.63 bits per heavy atom. The lowest BCUT2D eigenvalue weighted by atomic mass is 10.2. The molecule has 0 atom stereocenters. The third kappa shape index (κ3) is 2.59. The number of rotatable bonds is 3. The van der Waals surface area contributed by atoms with Gasteiger partial charge in [-0.25, -0.2) is 0 Å². The van der Waals surface area contributed by atoms with Gasteiger partial charge in [-0.1, -0.05) is 6.07 Å². The maximum Gasteiger partial charge on any atom is 0.120 e. The van der Waals surface area contributed by atoms with Crippen LogP contribution in [-0.4, -0.2) is 4.57 Å². The Morgan fingerprint density at radius 2 is 2.00 bits per heavy atom. The second-order valence-corrected chi connectivity index (χ2v) is 4.36. The van der Waals surface area contributed by atoms with E-state index in [0.29, 0.717) is 17.8 Å². The average Bonchev–Trinajstić information content (AvgIpc) is 2.73. The molecule has 0 spiro atoms. The molecule has 2 rings (SSSR count). The van der Waals surface area contributed by atoms with Crippen LogP contribution in [-0.2, 0) is 13.6 Å². The molecule has 4 heteroatoms. The van der Waals surface area contributed by atoms with Crippen molar-refractivity contribution in [1.82, 2.24) is 4.57 Å². The number of anilines is 1. The van der Waals surface area contributed by atoms with Gasteiger partial charge in [0.05, 0.1) is 11.6 Å². The largest absolute Gasteiger partial charge is 0.381 e. The lowest BCUT2D eigenvalue weighted by molar-refractivity contribution is 0.856. The number of benzene rings is 1. The second-order valence-electron chi connectivity index (χ2n) is 4.36. The minimum atomic E-state index is 0.632. The third-order valence-corrected chi connectivity index (χ3v) is 3.23. The molecule has 1 aromatic heterocycles. The van der Waals surface area contributed by atoms with Crippen LogP contribution >= 0.6 is 0 Å². The molecule has 94 valence electrons. The Labute approximate surface area is 112 Å². The number of hydrogen-bond donors (Lipinski definition) is 1. The summed E-state index contributed by atoms with van der Waals surface area (Å²) in [6.07, 6.45) is 0. The van der Waals surface area contributed by atoms with Crippen molar-refractivity contribution >= 4 is 5.69 Å². The third-order valence-electron chi connectivity index (χ3n) is 3.23. The minimum Gasteiger partial charge on any atom is -0.381 e. The first-order valence-electron chi connectivity index (χ1n) is 5.95. The predicted octanol–water partition coefficient (Wildman–Crippen LogP) is 2.69. The summed E-state index contributed by atoms with van der Waals surface area (Å²) < 4.78 is 1.88. The summed E-state index contributed by atoms with van der Waals surface area (Å²) in [7, 11) is 1.88. The van der Waals surface area contributed by atoms with Crippen LogP contribution in [0.25, 0.3) is 0 Å². The summed E-state index contributed by atoms with van der Waals surface area (Å²) in [5.41, 5.74) is 4.34. The van der Waals surface area contributed by atoms with Crippen molar-refractivity contribution in [3.63, 3.8) is 0 Å². The van der Waals surface area contributed by atoms with E-state index in [-0.39, 0.29) is 0 Å². The molecule has 19 heavy (non-hydrogen) atoms. The van der Waals surface area contributed by atoms with Crippen LogP contribution in [0.15, 0.2) is 30.3 Å². The molecule has 0 radical (unpaired) electrons. The van der Waals surface area contributed by atoms with Gasteiger partial charge in [0.15, 0.2) is 0 Å². The Balaban J connectivity index is 2.15. The molecular formula is C15H14N4. The quantitative estimate of drug-likeness (QED) is 0.910. The molecule has 4 nitrogen and oxygen atoms in total. The molecule has 1 aromatic carbocycles. The van der Waals surface area contributed by atoms with Crippen LogP contribution in [0.4, 0.5) is 5.69 Å². The molecule has 0 bridgehead atoms. The van der Waals surface area contributed by atoms with E-state index in [1.165, 1.54) is 0 Å². The SMILES string of the molecule is Cc1c(CNc2cccc(C#N)c2)cc(C#N)n1C. The van der Waals surface area contributed by atoms with E-state index in [4.69, 9.17) is 10.5 Å². The van der Waals surface area contributed by atoms with Crippen molar-refractivity contribution in [2.24, 2.45) is 7.05 Å². The molecule has 0 fully saturated rings. The van der Waals surface area contributed by atoms with Crippen molar-refractivity contribution in [3.05, 3.63) is 52.8 Å². The molecular weight excluding hydrogens is 236 g/mol. The van der Waals surface area contributed by atoms with Crippen LogP contribution in [0.2, 0.25) is 0 Å². The standard InChI is InChI=1S/C15H14N4/c1-11-13(7-15(9-17)19(11)2)10-18-14-5-3-4-12(6-14)8-16/h3-7,18H,10H2,1-2H3. The van der Waals surface area contributed by atoms with E-state index in [1.54, 1.807) is 6.07 Å². The first-order valence-corrected chi connectivity index (χ1v) is 5.95. The molecule has 0 unspecified atom stereocenters. The predicted molar refractivity (Wildman–Crippen MR) is 73.3 cm³/mol. The maximum absolute atomic E-state index is 8.98. The maximum atomic E-state index is 8.98. The molecule has 2 aromatic rings. The zero-order chi connectivity index (χ0) is 13.8. The fraction of sp³-hybridized carbons (Fsp3) is 0.200. The second kappa shape index (κ2) is 5.29. The Bertz CT molecular complexity index is 683. The van der Waals surface area contributed by atoms with Gasteiger partial charge in [0, 0.05) is 25.0 Å². The number of nitrogens with zero attached hydrogens (tertiary/aromatic N) is 3. The number of aromatic nitrogens is 1. The highest BCUT2D eigenvalue weighted by Crippen LogP contribution is 2.16. The van der Waals surface area contributed by atoms with Crippen LogP contribution in [0.3, 0.4) is 0 Å². The smallest absolute Gasteiger partial charge is 0.120 e. The van der Waals surface area contributed by atoms with Gasteiger partial charge < -0.3 is 9.88 Å². The van der Waals surface area contributed by atoms with E-state index >= 15 is 0 Å². The number of nitrogens with one attached hydrogen (secondary N) is 1. The summed E-state index contributed by atoms with van der Waals surface area (Å²) in [6.45, 7) is 2.62. The molecule has 0 aliphatic rings. The van der Waals surface area contributed by atoms with Gasteiger partial charge in [0.25, 0.3) is 0 Å². The minimum absolute atomic E-state index is 0.632. The Morgan fingerprint density at radius 1 is 1.21 bits per heavy atom. The molecule has 0 aliphatic heterocycles. The fourth-order valence-electron chi connectivity index (χ4n) is 1.94. The van der Waals surface area contributed by atoms with Crippen molar-refractivity contribution in [3.8, 4) is 12.1 Å². The normalized spacial score (nSPS) is 9.68. The summed E-state index contributed by atoms with van der Waals surface area (Å²) in [6, 6.07) is 13.5. The molecule has 1 N–H and O–H groups in total. The highest BCUT2D eigenvalue weighted by Gasteiger charge is 2.08. The van der Waals surface area contributed by atoms with Gasteiger partial charge in [0.1, 0.15) is 11.8 Å². The van der Waals surface area contributed by atoms with Gasteiger partial charge in [-0.3, -0.25) is 0 Å². The van der Waals surface area contributed by atoms with E-state index < -0.39 is 0 Å². The van der Waals surface area contributed by atoms with Gasteiger partial charge in [0.2, 0.25) is 0 Å². The van der Waals surface area contributed by atoms with E-state index in [9.17, 15) is 0 Å². The molecule has 0 amide bonds. The number of hydrogen-bond acceptors (Lipinski definition) is 3. The lowest BCUT2D eigenvalue weighted by Crippen LogP contribution is -2.01. The van der Waals surface area contributed by atoms with E-state index in [2.05, 4.69) is 17.5 Å². The summed E-state index contributed by atoms with van der Waals surface area (Å²) in [4.78, 5) is 0. The van der Waals surface area contributed by atoms with Gasteiger partial charge in [-0.05, 0) is 36.8 Å². The van der Waals surface area contributed by atoms with Crippen LogP contribution in [0, 0.1) is 29.6 Å². The van der Waals surface area contributed by atoms with Crippen LogP contribution < -0.4 is 5.32 Å². The summed E-state index contributed by atoms with van der Waals surface area (Å²) >= 11 is 0. The van der Waals surface area contributed by atoms with Crippen LogP contribution in [0.5, 0.6) is 0 Å². The first-order chi connectivity index (χ1) is 9.15. The Hall–Kier alpha value is -2.72. The van der Waals surface area contributed by atoms with E-state index in [1.807, 2.05) is 42.8 Å². The highest BCUT2D eigenvalue weighted by molar-refractivity contribution is 5.50. The van der Waals surface area contributed by atoms with E-state index in [0.717, 1.165) is 16.9 Å². The zero-order valence-electron chi connectivity index (χ0n) is 10.9. The topological polar surface area (TPSA) is 64.5 Å². The summed E-state index contributed by atoms with van der Waals surface area (Å²) in [5, 5.41) is 21.1. The van der Waals surface area contributed by atoms with Crippen molar-refractivity contribution in [1.29, 1.82) is 10.5 Å². The highest BCUT2D eigenvalue weighted by atomic mass is 15.0. The van der Waals surface area contributed by atoms with Crippen molar-refractivity contribution in [2.75, 3.05) is 5.32 Å². The number of nitriles is 2. The fourth-order valence-corrected chi connectivity index (χ4v) is 1.94. The van der Waals surface area contributed by atoms with Crippen LogP contribution in [0.1, 0.15) is 22.5 Å². The van der Waals surface area contributed by atoms with Crippen molar-refractivity contribution < 1.29 is 0 Å².